The van der Waals surface area contributed by atoms with Gasteiger partial charge in [0.2, 0.25) is 11.9 Å². The van der Waals surface area contributed by atoms with E-state index in [0.717, 1.165) is 6.07 Å². The Kier molecular flexibility index (Phi) is 3.73. The molecule has 6 heteroatoms. The van der Waals surface area contributed by atoms with E-state index in [1.807, 2.05) is 0 Å². The fraction of sp³-hybridized carbons (Fsp3) is 0.222. The minimum atomic E-state index is -0.724. The van der Waals surface area contributed by atoms with E-state index in [9.17, 15) is 14.0 Å². The number of carbonyl (C=O) groups excluding carboxylic acids is 2. The summed E-state index contributed by atoms with van der Waals surface area (Å²) in [5.74, 6) is -1.69. The first-order chi connectivity index (χ1) is 7.09. The Bertz CT molecular complexity index is 381. The number of hydrogen-bond donors (Lipinski definition) is 2. The molecule has 0 fully saturated rings. The SMILES string of the molecule is NC(=O)CCNC(=O)c1ccnc(F)c1. The lowest BCUT2D eigenvalue weighted by molar-refractivity contribution is -0.117. The lowest BCUT2D eigenvalue weighted by Gasteiger charge is -2.02. The van der Waals surface area contributed by atoms with Gasteiger partial charge in [-0.1, -0.05) is 0 Å². The first-order valence-electron chi connectivity index (χ1n) is 4.27. The number of amides is 2. The molecular weight excluding hydrogens is 201 g/mol. The highest BCUT2D eigenvalue weighted by Gasteiger charge is 2.06. The Morgan fingerprint density at radius 3 is 2.87 bits per heavy atom. The molecule has 0 saturated carbocycles. The molecule has 0 unspecified atom stereocenters. The second-order valence-corrected chi connectivity index (χ2v) is 2.84. The monoisotopic (exact) mass is 211 g/mol. The fourth-order valence-electron chi connectivity index (χ4n) is 0.945. The molecule has 15 heavy (non-hydrogen) atoms. The Morgan fingerprint density at radius 1 is 1.53 bits per heavy atom. The van der Waals surface area contributed by atoms with Gasteiger partial charge in [0, 0.05) is 30.8 Å². The van der Waals surface area contributed by atoms with Gasteiger partial charge < -0.3 is 11.1 Å². The largest absolute Gasteiger partial charge is 0.370 e. The van der Waals surface area contributed by atoms with Crippen molar-refractivity contribution in [2.45, 2.75) is 6.42 Å². The molecule has 1 aromatic rings. The highest BCUT2D eigenvalue weighted by molar-refractivity contribution is 5.94. The second-order valence-electron chi connectivity index (χ2n) is 2.84. The normalized spacial score (nSPS) is 9.67. The Balaban J connectivity index is 2.50. The van der Waals surface area contributed by atoms with E-state index in [2.05, 4.69) is 10.3 Å². The van der Waals surface area contributed by atoms with Crippen LogP contribution >= 0.6 is 0 Å². The highest BCUT2D eigenvalue weighted by atomic mass is 19.1. The number of carbonyl (C=O) groups is 2. The van der Waals surface area contributed by atoms with Crippen LogP contribution in [0.15, 0.2) is 18.3 Å². The zero-order valence-corrected chi connectivity index (χ0v) is 7.87. The van der Waals surface area contributed by atoms with Crippen LogP contribution in [0.5, 0.6) is 0 Å². The molecule has 80 valence electrons. The third-order valence-electron chi connectivity index (χ3n) is 1.65. The zero-order chi connectivity index (χ0) is 11.3. The number of hydrogen-bond acceptors (Lipinski definition) is 3. The maximum absolute atomic E-state index is 12.6. The van der Waals surface area contributed by atoms with E-state index in [4.69, 9.17) is 5.73 Å². The van der Waals surface area contributed by atoms with Gasteiger partial charge in [-0.05, 0) is 6.07 Å². The second kappa shape index (κ2) is 5.04. The van der Waals surface area contributed by atoms with Gasteiger partial charge in [-0.2, -0.15) is 4.39 Å². The predicted molar refractivity (Wildman–Crippen MR) is 50.3 cm³/mol. The Labute approximate surface area is 85.5 Å². The third kappa shape index (κ3) is 3.72. The molecule has 0 bridgehead atoms. The summed E-state index contributed by atoms with van der Waals surface area (Å²) in [6, 6.07) is 2.39. The molecule has 0 atom stereocenters. The van der Waals surface area contributed by atoms with Crippen LogP contribution in [0.25, 0.3) is 0 Å². The van der Waals surface area contributed by atoms with Crippen molar-refractivity contribution in [2.75, 3.05) is 6.54 Å². The van der Waals surface area contributed by atoms with Gasteiger partial charge in [0.15, 0.2) is 0 Å². The van der Waals surface area contributed by atoms with Crippen molar-refractivity contribution in [3.63, 3.8) is 0 Å². The molecule has 3 N–H and O–H groups in total. The summed E-state index contributed by atoms with van der Waals surface area (Å²) in [5, 5.41) is 2.42. The molecule has 5 nitrogen and oxygen atoms in total. The summed E-state index contributed by atoms with van der Waals surface area (Å²) in [6.07, 6.45) is 1.25. The number of nitrogens with zero attached hydrogens (tertiary/aromatic N) is 1. The first-order valence-corrected chi connectivity index (χ1v) is 4.27. The molecule has 0 aliphatic rings. The summed E-state index contributed by atoms with van der Waals surface area (Å²) < 4.78 is 12.6. The van der Waals surface area contributed by atoms with Gasteiger partial charge >= 0.3 is 0 Å². The van der Waals surface area contributed by atoms with Crippen molar-refractivity contribution in [1.82, 2.24) is 10.3 Å². The van der Waals surface area contributed by atoms with Crippen LogP contribution in [0.4, 0.5) is 4.39 Å². The van der Waals surface area contributed by atoms with Gasteiger partial charge in [0.25, 0.3) is 5.91 Å². The standard InChI is InChI=1S/C9H10FN3O2/c10-7-5-6(1-3-12-7)9(15)13-4-2-8(11)14/h1,3,5H,2,4H2,(H2,11,14)(H,13,15). The van der Waals surface area contributed by atoms with E-state index in [-0.39, 0.29) is 18.5 Å². The molecule has 0 aliphatic carbocycles. The van der Waals surface area contributed by atoms with Crippen molar-refractivity contribution in [1.29, 1.82) is 0 Å². The maximum atomic E-state index is 12.6. The Hall–Kier alpha value is -1.98. The summed E-state index contributed by atoms with van der Waals surface area (Å²) in [7, 11) is 0. The predicted octanol–water partition coefficient (Wildman–Crippen LogP) is -0.174. The summed E-state index contributed by atoms with van der Waals surface area (Å²) >= 11 is 0. The number of halogens is 1. The third-order valence-corrected chi connectivity index (χ3v) is 1.65. The number of nitrogens with two attached hydrogens (primary N) is 1. The minimum Gasteiger partial charge on any atom is -0.370 e. The van der Waals surface area contributed by atoms with Gasteiger partial charge in [-0.15, -0.1) is 0 Å². The van der Waals surface area contributed by atoms with Crippen LogP contribution in [-0.4, -0.2) is 23.3 Å². The minimum absolute atomic E-state index is 0.0549. The van der Waals surface area contributed by atoms with Crippen LogP contribution in [0.2, 0.25) is 0 Å². The van der Waals surface area contributed by atoms with E-state index in [1.165, 1.54) is 12.3 Å². The fourth-order valence-corrected chi connectivity index (χ4v) is 0.945. The van der Waals surface area contributed by atoms with Crippen molar-refractivity contribution in [2.24, 2.45) is 5.73 Å². The topological polar surface area (TPSA) is 85.1 Å². The van der Waals surface area contributed by atoms with Crippen LogP contribution in [0, 0.1) is 5.95 Å². The van der Waals surface area contributed by atoms with Crippen molar-refractivity contribution in [3.8, 4) is 0 Å². The van der Waals surface area contributed by atoms with Gasteiger partial charge in [0.05, 0.1) is 0 Å². The lowest BCUT2D eigenvalue weighted by atomic mass is 10.2. The molecule has 0 aromatic carbocycles. The zero-order valence-electron chi connectivity index (χ0n) is 7.87. The molecule has 0 spiro atoms. The smallest absolute Gasteiger partial charge is 0.251 e. The first kappa shape index (κ1) is 11.1. The van der Waals surface area contributed by atoms with Gasteiger partial charge in [-0.3, -0.25) is 9.59 Å². The van der Waals surface area contributed by atoms with E-state index >= 15 is 0 Å². The van der Waals surface area contributed by atoms with Gasteiger partial charge in [-0.25, -0.2) is 4.98 Å². The van der Waals surface area contributed by atoms with Crippen LogP contribution < -0.4 is 11.1 Å². The molecule has 0 saturated heterocycles. The number of primary amides is 1. The summed E-state index contributed by atoms with van der Waals surface area (Å²) in [4.78, 5) is 25.0. The number of pyridine rings is 1. The molecule has 1 aromatic heterocycles. The molecular formula is C9H10FN3O2. The maximum Gasteiger partial charge on any atom is 0.251 e. The number of aromatic nitrogens is 1. The molecule has 2 amide bonds. The molecule has 1 rings (SSSR count). The average molecular weight is 211 g/mol. The molecule has 0 radical (unpaired) electrons. The van der Waals surface area contributed by atoms with Crippen LogP contribution in [0.1, 0.15) is 16.8 Å². The average Bonchev–Trinajstić information content (AvgIpc) is 2.17. The van der Waals surface area contributed by atoms with E-state index < -0.39 is 17.8 Å². The van der Waals surface area contributed by atoms with Gasteiger partial charge in [0.1, 0.15) is 0 Å². The van der Waals surface area contributed by atoms with E-state index in [1.54, 1.807) is 0 Å². The lowest BCUT2D eigenvalue weighted by Crippen LogP contribution is -2.27. The van der Waals surface area contributed by atoms with Crippen molar-refractivity contribution < 1.29 is 14.0 Å². The summed E-state index contributed by atoms with van der Waals surface area (Å²) in [5.41, 5.74) is 5.04. The van der Waals surface area contributed by atoms with E-state index in [0.29, 0.717) is 0 Å². The van der Waals surface area contributed by atoms with Crippen molar-refractivity contribution >= 4 is 11.8 Å². The van der Waals surface area contributed by atoms with Crippen molar-refractivity contribution in [3.05, 3.63) is 29.8 Å². The highest BCUT2D eigenvalue weighted by Crippen LogP contribution is 1.99. The van der Waals surface area contributed by atoms with Crippen LogP contribution in [0.3, 0.4) is 0 Å². The Morgan fingerprint density at radius 2 is 2.27 bits per heavy atom. The molecule has 0 aliphatic heterocycles. The summed E-state index contributed by atoms with van der Waals surface area (Å²) in [6.45, 7) is 0.137. The number of nitrogens with one attached hydrogen (secondary N) is 1. The molecule has 1 heterocycles. The van der Waals surface area contributed by atoms with Crippen LogP contribution in [-0.2, 0) is 4.79 Å². The quantitative estimate of drug-likeness (QED) is 0.678. The number of rotatable bonds is 4.